The monoisotopic (exact) mass is 429 g/mol. The first kappa shape index (κ1) is 20.8. The van der Waals surface area contributed by atoms with Crippen LogP contribution >= 0.6 is 0 Å². The van der Waals surface area contributed by atoms with E-state index in [9.17, 15) is 9.59 Å². The standard InChI is InChI=1S/C27H31N3O2/c1-3-19-10-9-14-22(16-19)30-25(31)24-17-20-11-7-8-15-23(20)29(24)18-27(30,2)26(32)28-21-12-5-4-6-13-21/h7-11,14-17,21H,3-6,12-13,18H2,1-2H3,(H,28,32). The van der Waals surface area contributed by atoms with E-state index >= 15 is 0 Å². The van der Waals surface area contributed by atoms with E-state index < -0.39 is 5.54 Å². The molecule has 1 unspecified atom stereocenters. The number of nitrogens with zero attached hydrogens (tertiary/aromatic N) is 2. The number of aromatic nitrogens is 1. The Morgan fingerprint density at radius 3 is 2.62 bits per heavy atom. The topological polar surface area (TPSA) is 54.3 Å². The summed E-state index contributed by atoms with van der Waals surface area (Å²) in [6.07, 6.45) is 6.43. The zero-order valence-corrected chi connectivity index (χ0v) is 18.9. The number of hydrogen-bond donors (Lipinski definition) is 1. The number of carbonyl (C=O) groups excluding carboxylic acids is 2. The lowest BCUT2D eigenvalue weighted by Gasteiger charge is -2.45. The van der Waals surface area contributed by atoms with Crippen LogP contribution in [0.3, 0.4) is 0 Å². The van der Waals surface area contributed by atoms with Crippen LogP contribution in [0.2, 0.25) is 0 Å². The van der Waals surface area contributed by atoms with E-state index in [0.29, 0.717) is 12.2 Å². The molecule has 166 valence electrons. The highest BCUT2D eigenvalue weighted by Crippen LogP contribution is 2.36. The highest BCUT2D eigenvalue weighted by atomic mass is 16.2. The maximum absolute atomic E-state index is 13.9. The molecular weight excluding hydrogens is 398 g/mol. The molecule has 2 amide bonds. The van der Waals surface area contributed by atoms with Gasteiger partial charge < -0.3 is 9.88 Å². The van der Waals surface area contributed by atoms with Crippen LogP contribution in [-0.4, -0.2) is 28.0 Å². The van der Waals surface area contributed by atoms with Crippen molar-refractivity contribution in [1.29, 1.82) is 0 Å². The number of anilines is 1. The van der Waals surface area contributed by atoms with E-state index in [1.165, 1.54) is 6.42 Å². The summed E-state index contributed by atoms with van der Waals surface area (Å²) in [5.41, 5.74) is 2.55. The Morgan fingerprint density at radius 1 is 1.06 bits per heavy atom. The molecule has 1 saturated carbocycles. The van der Waals surface area contributed by atoms with Gasteiger partial charge in [-0.1, -0.05) is 56.5 Å². The predicted octanol–water partition coefficient (Wildman–Crippen LogP) is 5.07. The molecular formula is C27H31N3O2. The summed E-state index contributed by atoms with van der Waals surface area (Å²) in [6, 6.07) is 18.2. The quantitative estimate of drug-likeness (QED) is 0.629. The van der Waals surface area contributed by atoms with Crippen LogP contribution in [0.4, 0.5) is 5.69 Å². The molecule has 2 aromatic carbocycles. The van der Waals surface area contributed by atoms with Crippen molar-refractivity contribution in [2.45, 2.75) is 70.5 Å². The number of amides is 2. The van der Waals surface area contributed by atoms with E-state index in [1.54, 1.807) is 4.90 Å². The average molecular weight is 430 g/mol. The predicted molar refractivity (Wildman–Crippen MR) is 128 cm³/mol. The highest BCUT2D eigenvalue weighted by Gasteiger charge is 2.49. The van der Waals surface area contributed by atoms with Crippen molar-refractivity contribution >= 4 is 28.4 Å². The minimum absolute atomic E-state index is 0.0666. The van der Waals surface area contributed by atoms with Gasteiger partial charge in [-0.2, -0.15) is 0 Å². The summed E-state index contributed by atoms with van der Waals surface area (Å²) >= 11 is 0. The fourth-order valence-electron chi connectivity index (χ4n) is 5.35. The van der Waals surface area contributed by atoms with Gasteiger partial charge in [0.05, 0.1) is 6.54 Å². The van der Waals surface area contributed by atoms with Crippen molar-refractivity contribution in [3.8, 4) is 0 Å². The van der Waals surface area contributed by atoms with Gasteiger partial charge in [0.25, 0.3) is 5.91 Å². The number of nitrogens with one attached hydrogen (secondary N) is 1. The molecule has 1 aliphatic heterocycles. The van der Waals surface area contributed by atoms with Crippen molar-refractivity contribution in [3.63, 3.8) is 0 Å². The Bertz CT molecular complexity index is 1170. The molecule has 1 aliphatic carbocycles. The molecule has 0 saturated heterocycles. The lowest BCUT2D eigenvalue weighted by Crippen LogP contribution is -2.65. The first-order valence-corrected chi connectivity index (χ1v) is 11.8. The Kier molecular flexibility index (Phi) is 5.28. The van der Waals surface area contributed by atoms with Crippen LogP contribution in [0.15, 0.2) is 54.6 Å². The van der Waals surface area contributed by atoms with Gasteiger partial charge in [0.2, 0.25) is 5.91 Å². The molecule has 1 N–H and O–H groups in total. The van der Waals surface area contributed by atoms with Crippen LogP contribution < -0.4 is 10.2 Å². The molecule has 2 aliphatic rings. The molecule has 1 fully saturated rings. The third-order valence-electron chi connectivity index (χ3n) is 7.20. The summed E-state index contributed by atoms with van der Waals surface area (Å²) in [7, 11) is 0. The maximum Gasteiger partial charge on any atom is 0.275 e. The number of benzene rings is 2. The number of rotatable bonds is 4. The second kappa shape index (κ2) is 8.12. The third-order valence-corrected chi connectivity index (χ3v) is 7.20. The van der Waals surface area contributed by atoms with Crippen LogP contribution in [0.25, 0.3) is 10.9 Å². The van der Waals surface area contributed by atoms with Crippen LogP contribution in [0.5, 0.6) is 0 Å². The molecule has 0 bridgehead atoms. The lowest BCUT2D eigenvalue weighted by atomic mass is 9.90. The van der Waals surface area contributed by atoms with Gasteiger partial charge in [-0.25, -0.2) is 0 Å². The fraction of sp³-hybridized carbons (Fsp3) is 0.407. The van der Waals surface area contributed by atoms with Crippen molar-refractivity contribution in [2.24, 2.45) is 0 Å². The third kappa shape index (κ3) is 3.40. The Hall–Kier alpha value is -3.08. The average Bonchev–Trinajstić information content (AvgIpc) is 3.18. The minimum Gasteiger partial charge on any atom is -0.351 e. The maximum atomic E-state index is 13.9. The number of aryl methyl sites for hydroxylation is 1. The Morgan fingerprint density at radius 2 is 1.84 bits per heavy atom. The fourth-order valence-corrected chi connectivity index (χ4v) is 5.35. The minimum atomic E-state index is -1.02. The molecule has 2 heterocycles. The number of hydrogen-bond acceptors (Lipinski definition) is 2. The summed E-state index contributed by atoms with van der Waals surface area (Å²) in [6.45, 7) is 4.44. The number of carbonyl (C=O) groups is 2. The molecule has 3 aromatic rings. The molecule has 1 atom stereocenters. The molecule has 5 rings (SSSR count). The first-order chi connectivity index (χ1) is 15.5. The zero-order valence-electron chi connectivity index (χ0n) is 18.9. The van der Waals surface area contributed by atoms with Crippen molar-refractivity contribution in [2.75, 3.05) is 4.90 Å². The smallest absolute Gasteiger partial charge is 0.275 e. The van der Waals surface area contributed by atoms with E-state index in [-0.39, 0.29) is 17.9 Å². The summed E-state index contributed by atoms with van der Waals surface area (Å²) in [4.78, 5) is 29.5. The first-order valence-electron chi connectivity index (χ1n) is 11.8. The Balaban J connectivity index is 1.62. The number of para-hydroxylation sites is 1. The molecule has 5 nitrogen and oxygen atoms in total. The normalized spacial score (nSPS) is 21.6. The van der Waals surface area contributed by atoms with Crippen LogP contribution in [-0.2, 0) is 17.8 Å². The van der Waals surface area contributed by atoms with Gasteiger partial charge in [-0.15, -0.1) is 0 Å². The van der Waals surface area contributed by atoms with Gasteiger partial charge in [0.15, 0.2) is 0 Å². The van der Waals surface area contributed by atoms with Crippen LogP contribution in [0.1, 0.15) is 62.0 Å². The summed E-state index contributed by atoms with van der Waals surface area (Å²) in [5.74, 6) is -0.190. The summed E-state index contributed by atoms with van der Waals surface area (Å²) < 4.78 is 2.03. The molecule has 1 aromatic heterocycles. The Labute approximate surface area is 189 Å². The molecule has 5 heteroatoms. The lowest BCUT2D eigenvalue weighted by molar-refractivity contribution is -0.127. The molecule has 0 radical (unpaired) electrons. The van der Waals surface area contributed by atoms with E-state index in [2.05, 4.69) is 18.3 Å². The van der Waals surface area contributed by atoms with Gasteiger partial charge in [0, 0.05) is 22.6 Å². The van der Waals surface area contributed by atoms with Crippen LogP contribution in [0, 0.1) is 0 Å². The van der Waals surface area contributed by atoms with E-state index in [4.69, 9.17) is 0 Å². The second-order valence-corrected chi connectivity index (χ2v) is 9.42. The molecule has 0 spiro atoms. The molecule has 32 heavy (non-hydrogen) atoms. The highest BCUT2D eigenvalue weighted by molar-refractivity contribution is 6.14. The second-order valence-electron chi connectivity index (χ2n) is 9.42. The number of fused-ring (bicyclic) bond motifs is 3. The van der Waals surface area contributed by atoms with Crippen molar-refractivity contribution in [1.82, 2.24) is 9.88 Å². The van der Waals surface area contributed by atoms with E-state index in [0.717, 1.165) is 54.3 Å². The SMILES string of the molecule is CCc1cccc(N2C(=O)c3cc4ccccc4n3CC2(C)C(=O)NC2CCCCC2)c1. The van der Waals surface area contributed by atoms with Crippen molar-refractivity contribution < 1.29 is 9.59 Å². The zero-order chi connectivity index (χ0) is 22.3. The van der Waals surface area contributed by atoms with Crippen molar-refractivity contribution in [3.05, 3.63) is 65.9 Å². The van der Waals surface area contributed by atoms with Gasteiger partial charge in [-0.05, 0) is 56.0 Å². The van der Waals surface area contributed by atoms with Gasteiger partial charge >= 0.3 is 0 Å². The summed E-state index contributed by atoms with van der Waals surface area (Å²) in [5, 5.41) is 4.33. The van der Waals surface area contributed by atoms with Gasteiger partial charge in [0.1, 0.15) is 11.2 Å². The van der Waals surface area contributed by atoms with Gasteiger partial charge in [-0.3, -0.25) is 14.5 Å². The van der Waals surface area contributed by atoms with E-state index in [1.807, 2.05) is 60.0 Å². The largest absolute Gasteiger partial charge is 0.351 e.